The molecule has 142 valence electrons. The number of nitrogens with one attached hydrogen (secondary N) is 1. The number of amides is 1. The highest BCUT2D eigenvalue weighted by molar-refractivity contribution is 6.00. The Morgan fingerprint density at radius 2 is 1.89 bits per heavy atom. The summed E-state index contributed by atoms with van der Waals surface area (Å²) in [4.78, 5) is 40.2. The number of carboxylic acid groups (broad SMARTS) is 2. The first-order valence-electron chi connectivity index (χ1n) is 8.84. The van der Waals surface area contributed by atoms with Crippen LogP contribution in [0.15, 0.2) is 24.3 Å². The van der Waals surface area contributed by atoms with Crippen LogP contribution in [0.1, 0.15) is 66.8 Å². The summed E-state index contributed by atoms with van der Waals surface area (Å²) in [6.45, 7) is 4.34. The van der Waals surface area contributed by atoms with Gasteiger partial charge in [-0.15, -0.1) is 0 Å². The number of nitrogens with zero attached hydrogens (tertiary/aromatic N) is 1. The number of hydrogen-bond acceptors (Lipinski definition) is 3. The monoisotopic (exact) mass is 370 g/mol. The zero-order valence-electron chi connectivity index (χ0n) is 15.3. The average Bonchev–Trinajstić information content (AvgIpc) is 2.95. The molecule has 1 amide bonds. The molecule has 3 rings (SSSR count). The number of aromatic amines is 1. The van der Waals surface area contributed by atoms with Crippen LogP contribution in [0, 0.1) is 13.8 Å². The molecular formula is C20H22N2O5. The van der Waals surface area contributed by atoms with E-state index in [1.165, 1.54) is 0 Å². The molecule has 1 aromatic heterocycles. The van der Waals surface area contributed by atoms with Gasteiger partial charge in [-0.05, 0) is 49.9 Å². The molecule has 27 heavy (non-hydrogen) atoms. The maximum Gasteiger partial charge on any atom is 0.337 e. The lowest BCUT2D eigenvalue weighted by atomic mass is 9.89. The van der Waals surface area contributed by atoms with Gasteiger partial charge >= 0.3 is 11.9 Å². The Bertz CT molecular complexity index is 915. The van der Waals surface area contributed by atoms with E-state index in [9.17, 15) is 24.6 Å². The minimum absolute atomic E-state index is 0.0531. The predicted octanol–water partition coefficient (Wildman–Crippen LogP) is 3.05. The first-order valence-corrected chi connectivity index (χ1v) is 8.84. The molecule has 7 heteroatoms. The summed E-state index contributed by atoms with van der Waals surface area (Å²) in [5.74, 6) is -2.19. The van der Waals surface area contributed by atoms with E-state index in [2.05, 4.69) is 4.98 Å². The molecule has 0 aliphatic carbocycles. The Hall–Kier alpha value is -3.09. The van der Waals surface area contributed by atoms with Gasteiger partial charge in [0.15, 0.2) is 0 Å². The van der Waals surface area contributed by atoms with Gasteiger partial charge in [0.1, 0.15) is 5.69 Å². The van der Waals surface area contributed by atoms with E-state index in [4.69, 9.17) is 0 Å². The van der Waals surface area contributed by atoms with Crippen molar-refractivity contribution in [1.82, 2.24) is 9.88 Å². The fourth-order valence-corrected chi connectivity index (χ4v) is 3.80. The van der Waals surface area contributed by atoms with E-state index >= 15 is 0 Å². The van der Waals surface area contributed by atoms with Crippen LogP contribution >= 0.6 is 0 Å². The number of aryl methyl sites for hydroxylation is 1. The van der Waals surface area contributed by atoms with E-state index in [0.717, 1.165) is 18.4 Å². The topological polar surface area (TPSA) is 111 Å². The molecule has 3 N–H and O–H groups in total. The van der Waals surface area contributed by atoms with Crippen molar-refractivity contribution in [2.75, 3.05) is 13.1 Å². The summed E-state index contributed by atoms with van der Waals surface area (Å²) in [5.41, 5.74) is 2.49. The SMILES string of the molecule is Cc1[nH]c(C(=O)N2CCC[C@@H](c3cccc(C(=O)O)c3)C2)c(C)c1C(=O)O. The van der Waals surface area contributed by atoms with Crippen molar-refractivity contribution in [2.45, 2.75) is 32.6 Å². The molecule has 0 unspecified atom stereocenters. The van der Waals surface area contributed by atoms with Gasteiger partial charge in [0.05, 0.1) is 11.1 Å². The summed E-state index contributed by atoms with van der Waals surface area (Å²) < 4.78 is 0. The first-order chi connectivity index (χ1) is 12.8. The number of hydrogen-bond donors (Lipinski definition) is 3. The predicted molar refractivity (Wildman–Crippen MR) is 98.5 cm³/mol. The van der Waals surface area contributed by atoms with Crippen LogP contribution in [0.4, 0.5) is 0 Å². The van der Waals surface area contributed by atoms with E-state index in [-0.39, 0.29) is 23.0 Å². The van der Waals surface area contributed by atoms with Crippen LogP contribution in [0.3, 0.4) is 0 Å². The van der Waals surface area contributed by atoms with Gasteiger partial charge in [0, 0.05) is 24.7 Å². The van der Waals surface area contributed by atoms with Crippen molar-refractivity contribution in [1.29, 1.82) is 0 Å². The van der Waals surface area contributed by atoms with Crippen molar-refractivity contribution in [2.24, 2.45) is 0 Å². The van der Waals surface area contributed by atoms with Crippen LogP contribution in [-0.2, 0) is 0 Å². The maximum absolute atomic E-state index is 13.0. The Labute approximate surface area is 156 Å². The molecule has 2 heterocycles. The van der Waals surface area contributed by atoms with Gasteiger partial charge in [-0.3, -0.25) is 4.79 Å². The smallest absolute Gasteiger partial charge is 0.337 e. The molecule has 0 radical (unpaired) electrons. The zero-order valence-corrected chi connectivity index (χ0v) is 15.3. The number of carbonyl (C=O) groups excluding carboxylic acids is 1. The molecular weight excluding hydrogens is 348 g/mol. The summed E-state index contributed by atoms with van der Waals surface area (Å²) in [7, 11) is 0. The Kier molecular flexibility index (Phi) is 5.03. The third-order valence-corrected chi connectivity index (χ3v) is 5.18. The maximum atomic E-state index is 13.0. The molecule has 7 nitrogen and oxygen atoms in total. The number of carbonyl (C=O) groups is 3. The number of H-pyrrole nitrogens is 1. The van der Waals surface area contributed by atoms with Gasteiger partial charge in [-0.2, -0.15) is 0 Å². The minimum atomic E-state index is -1.05. The van der Waals surface area contributed by atoms with Gasteiger partial charge in [-0.1, -0.05) is 12.1 Å². The number of benzene rings is 1. The second-order valence-corrected chi connectivity index (χ2v) is 6.95. The van der Waals surface area contributed by atoms with E-state index < -0.39 is 11.9 Å². The van der Waals surface area contributed by atoms with Gasteiger partial charge in [-0.25, -0.2) is 9.59 Å². The number of rotatable bonds is 4. The molecule has 0 bridgehead atoms. The summed E-state index contributed by atoms with van der Waals surface area (Å²) in [6.07, 6.45) is 1.67. The van der Waals surface area contributed by atoms with Crippen LogP contribution in [0.2, 0.25) is 0 Å². The Morgan fingerprint density at radius 3 is 2.52 bits per heavy atom. The quantitative estimate of drug-likeness (QED) is 0.766. The molecule has 1 aliphatic rings. The Balaban J connectivity index is 1.83. The molecule has 0 saturated carbocycles. The minimum Gasteiger partial charge on any atom is -0.478 e. The molecule has 1 aromatic carbocycles. The van der Waals surface area contributed by atoms with Crippen molar-refractivity contribution < 1.29 is 24.6 Å². The highest BCUT2D eigenvalue weighted by atomic mass is 16.4. The van der Waals surface area contributed by atoms with E-state index in [1.54, 1.807) is 36.9 Å². The molecule has 0 spiro atoms. The average molecular weight is 370 g/mol. The van der Waals surface area contributed by atoms with Crippen molar-refractivity contribution >= 4 is 17.8 Å². The lowest BCUT2D eigenvalue weighted by Gasteiger charge is -2.33. The van der Waals surface area contributed by atoms with Crippen LogP contribution in [0.5, 0.6) is 0 Å². The molecule has 1 fully saturated rings. The number of aromatic carboxylic acids is 2. The number of piperidine rings is 1. The van der Waals surface area contributed by atoms with Crippen molar-refractivity contribution in [3.8, 4) is 0 Å². The van der Waals surface area contributed by atoms with Crippen LogP contribution < -0.4 is 0 Å². The molecule has 1 aliphatic heterocycles. The van der Waals surface area contributed by atoms with E-state index in [0.29, 0.717) is 30.0 Å². The van der Waals surface area contributed by atoms with Gasteiger partial charge < -0.3 is 20.1 Å². The molecule has 2 aromatic rings. The second-order valence-electron chi connectivity index (χ2n) is 6.95. The van der Waals surface area contributed by atoms with Gasteiger partial charge in [0.2, 0.25) is 0 Å². The lowest BCUT2D eigenvalue weighted by molar-refractivity contribution is 0.0682. The van der Waals surface area contributed by atoms with E-state index in [1.807, 2.05) is 6.07 Å². The summed E-state index contributed by atoms with van der Waals surface area (Å²) >= 11 is 0. The summed E-state index contributed by atoms with van der Waals surface area (Å²) in [5, 5.41) is 18.5. The van der Waals surface area contributed by atoms with Crippen molar-refractivity contribution in [3.63, 3.8) is 0 Å². The normalized spacial score (nSPS) is 17.0. The number of likely N-dealkylation sites (tertiary alicyclic amines) is 1. The molecule has 1 saturated heterocycles. The fourth-order valence-electron chi connectivity index (χ4n) is 3.80. The zero-order chi connectivity index (χ0) is 19.7. The number of aromatic nitrogens is 1. The first kappa shape index (κ1) is 18.7. The Morgan fingerprint density at radius 1 is 1.15 bits per heavy atom. The van der Waals surface area contributed by atoms with Crippen LogP contribution in [0.25, 0.3) is 0 Å². The van der Waals surface area contributed by atoms with Crippen molar-refractivity contribution in [3.05, 3.63) is 57.9 Å². The second kappa shape index (κ2) is 7.26. The lowest BCUT2D eigenvalue weighted by Crippen LogP contribution is -2.39. The summed E-state index contributed by atoms with van der Waals surface area (Å²) in [6, 6.07) is 6.82. The van der Waals surface area contributed by atoms with Crippen LogP contribution in [-0.4, -0.2) is 51.0 Å². The highest BCUT2D eigenvalue weighted by Gasteiger charge is 2.29. The van der Waals surface area contributed by atoms with Gasteiger partial charge in [0.25, 0.3) is 5.91 Å². The highest BCUT2D eigenvalue weighted by Crippen LogP contribution is 2.29. The third kappa shape index (κ3) is 3.58. The standard InChI is InChI=1S/C20H22N2O5/c1-11-16(20(26)27)12(2)21-17(11)18(23)22-8-4-7-15(10-22)13-5-3-6-14(9-13)19(24)25/h3,5-6,9,15,21H,4,7-8,10H2,1-2H3,(H,24,25)(H,26,27)/t15-/m1/s1. The molecule has 1 atom stereocenters. The third-order valence-electron chi connectivity index (χ3n) is 5.18. The largest absolute Gasteiger partial charge is 0.478 e. The number of carboxylic acids is 2. The fraction of sp³-hybridized carbons (Fsp3) is 0.350.